The van der Waals surface area contributed by atoms with E-state index in [1.807, 2.05) is 0 Å². The monoisotopic (exact) mass is 325 g/mol. The van der Waals surface area contributed by atoms with Gasteiger partial charge in [-0.05, 0) is 42.8 Å². The van der Waals surface area contributed by atoms with Crippen molar-refractivity contribution in [3.63, 3.8) is 0 Å². The summed E-state index contributed by atoms with van der Waals surface area (Å²) in [4.78, 5) is 11.0. The van der Waals surface area contributed by atoms with Gasteiger partial charge in [0.15, 0.2) is 0 Å². The van der Waals surface area contributed by atoms with Gasteiger partial charge in [-0.15, -0.1) is 0 Å². The maximum absolute atomic E-state index is 12.3. The Morgan fingerprint density at radius 3 is 2.52 bits per heavy atom. The van der Waals surface area contributed by atoms with Crippen LogP contribution in [0.25, 0.3) is 0 Å². The fourth-order valence-electron chi connectivity index (χ4n) is 1.76. The summed E-state index contributed by atoms with van der Waals surface area (Å²) in [5, 5.41) is 9.44. The van der Waals surface area contributed by atoms with E-state index in [4.69, 9.17) is 16.7 Å². The van der Waals surface area contributed by atoms with Gasteiger partial charge in [-0.1, -0.05) is 23.7 Å². The lowest BCUT2D eigenvalue weighted by molar-refractivity contribution is 0.0696. The summed E-state index contributed by atoms with van der Waals surface area (Å²) in [5.74, 6) is -1.17. The van der Waals surface area contributed by atoms with Gasteiger partial charge in [0.1, 0.15) is 0 Å². The van der Waals surface area contributed by atoms with Crippen molar-refractivity contribution in [3.05, 3.63) is 58.6 Å². The Morgan fingerprint density at radius 2 is 1.90 bits per heavy atom. The Kier molecular flexibility index (Phi) is 4.20. The van der Waals surface area contributed by atoms with Crippen LogP contribution in [-0.2, 0) is 10.0 Å². The molecule has 110 valence electrons. The molecule has 7 heteroatoms. The lowest BCUT2D eigenvalue weighted by atomic mass is 10.1. The molecule has 0 spiro atoms. The molecule has 0 amide bonds. The lowest BCUT2D eigenvalue weighted by Crippen LogP contribution is -2.14. The van der Waals surface area contributed by atoms with Crippen LogP contribution in [0.1, 0.15) is 15.9 Å². The number of hydrogen-bond acceptors (Lipinski definition) is 3. The molecule has 0 fully saturated rings. The molecule has 2 rings (SSSR count). The van der Waals surface area contributed by atoms with Crippen molar-refractivity contribution in [1.29, 1.82) is 0 Å². The van der Waals surface area contributed by atoms with Gasteiger partial charge in [0.2, 0.25) is 0 Å². The zero-order chi connectivity index (χ0) is 15.6. The Bertz CT molecular complexity index is 802. The Hall–Kier alpha value is -2.05. The highest BCUT2D eigenvalue weighted by Gasteiger charge is 2.18. The van der Waals surface area contributed by atoms with Crippen LogP contribution < -0.4 is 4.72 Å². The second kappa shape index (κ2) is 5.75. The Balaban J connectivity index is 2.40. The van der Waals surface area contributed by atoms with Gasteiger partial charge in [0.25, 0.3) is 10.0 Å². The number of anilines is 1. The number of aryl methyl sites for hydroxylation is 1. The molecular weight excluding hydrogens is 314 g/mol. The average molecular weight is 326 g/mol. The summed E-state index contributed by atoms with van der Waals surface area (Å²) < 4.78 is 26.9. The molecule has 0 heterocycles. The number of nitrogens with one attached hydrogen (secondary N) is 1. The lowest BCUT2D eigenvalue weighted by Gasteiger charge is -2.10. The third-order valence-electron chi connectivity index (χ3n) is 2.83. The fraction of sp³-hybridized carbons (Fsp3) is 0.0714. The molecule has 0 aromatic heterocycles. The first-order chi connectivity index (χ1) is 9.79. The fourth-order valence-corrected chi connectivity index (χ4v) is 3.03. The van der Waals surface area contributed by atoms with Crippen LogP contribution in [0.15, 0.2) is 47.4 Å². The molecule has 0 unspecified atom stereocenters. The molecular formula is C14H12ClNO4S. The van der Waals surface area contributed by atoms with Crippen molar-refractivity contribution in [1.82, 2.24) is 0 Å². The van der Waals surface area contributed by atoms with Crippen LogP contribution in [-0.4, -0.2) is 19.5 Å². The zero-order valence-electron chi connectivity index (χ0n) is 11.0. The number of carboxylic acids is 1. The van der Waals surface area contributed by atoms with Gasteiger partial charge >= 0.3 is 5.97 Å². The van der Waals surface area contributed by atoms with Crippen LogP contribution in [0.5, 0.6) is 0 Å². The highest BCUT2D eigenvalue weighted by molar-refractivity contribution is 7.92. The number of carboxylic acid groups (broad SMARTS) is 1. The smallest absolute Gasteiger partial charge is 0.335 e. The average Bonchev–Trinajstić information content (AvgIpc) is 2.38. The predicted octanol–water partition coefficient (Wildman–Crippen LogP) is 3.15. The van der Waals surface area contributed by atoms with Crippen molar-refractivity contribution in [3.8, 4) is 0 Å². The Labute approximate surface area is 127 Å². The van der Waals surface area contributed by atoms with Crippen LogP contribution in [0, 0.1) is 6.92 Å². The van der Waals surface area contributed by atoms with E-state index in [-0.39, 0.29) is 10.5 Å². The number of rotatable bonds is 4. The van der Waals surface area contributed by atoms with E-state index in [1.165, 1.54) is 18.2 Å². The van der Waals surface area contributed by atoms with Gasteiger partial charge in [-0.2, -0.15) is 0 Å². The molecule has 0 aliphatic carbocycles. The number of sulfonamides is 1. The SMILES string of the molecule is Cc1ccc(S(=O)(=O)Nc2cccc(Cl)c2)cc1C(=O)O. The minimum absolute atomic E-state index is 0.0519. The maximum Gasteiger partial charge on any atom is 0.335 e. The van der Waals surface area contributed by atoms with Gasteiger partial charge in [-0.3, -0.25) is 4.72 Å². The second-order valence-electron chi connectivity index (χ2n) is 4.40. The van der Waals surface area contributed by atoms with Crippen LogP contribution >= 0.6 is 11.6 Å². The first kappa shape index (κ1) is 15.3. The molecule has 0 atom stereocenters. The van der Waals surface area contributed by atoms with Crippen LogP contribution in [0.3, 0.4) is 0 Å². The molecule has 2 aromatic carbocycles. The molecule has 0 aliphatic rings. The summed E-state index contributed by atoms with van der Waals surface area (Å²) in [5.41, 5.74) is 0.744. The summed E-state index contributed by atoms with van der Waals surface area (Å²) in [6.45, 7) is 1.60. The summed E-state index contributed by atoms with van der Waals surface area (Å²) in [6, 6.07) is 10.2. The quantitative estimate of drug-likeness (QED) is 0.904. The molecule has 0 radical (unpaired) electrons. The molecule has 0 saturated carbocycles. The van der Waals surface area contributed by atoms with E-state index in [0.29, 0.717) is 16.3 Å². The first-order valence-corrected chi connectivity index (χ1v) is 7.78. The molecule has 0 saturated heterocycles. The molecule has 2 N–H and O–H groups in total. The van der Waals surface area contributed by atoms with Crippen molar-refractivity contribution in [2.24, 2.45) is 0 Å². The minimum atomic E-state index is -3.87. The molecule has 2 aromatic rings. The van der Waals surface area contributed by atoms with Crippen LogP contribution in [0.4, 0.5) is 5.69 Å². The highest BCUT2D eigenvalue weighted by Crippen LogP contribution is 2.21. The Morgan fingerprint density at radius 1 is 1.19 bits per heavy atom. The van der Waals surface area contributed by atoms with Gasteiger partial charge in [-0.25, -0.2) is 13.2 Å². The largest absolute Gasteiger partial charge is 0.478 e. The van der Waals surface area contributed by atoms with E-state index in [1.54, 1.807) is 25.1 Å². The minimum Gasteiger partial charge on any atom is -0.478 e. The second-order valence-corrected chi connectivity index (χ2v) is 6.52. The molecule has 5 nitrogen and oxygen atoms in total. The number of carbonyl (C=O) groups is 1. The van der Waals surface area contributed by atoms with Gasteiger partial charge < -0.3 is 5.11 Å². The maximum atomic E-state index is 12.3. The topological polar surface area (TPSA) is 83.5 Å². The van der Waals surface area contributed by atoms with Crippen molar-refractivity contribution in [2.75, 3.05) is 4.72 Å². The number of hydrogen-bond donors (Lipinski definition) is 2. The zero-order valence-corrected chi connectivity index (χ0v) is 12.6. The van der Waals surface area contributed by atoms with E-state index >= 15 is 0 Å². The van der Waals surface area contributed by atoms with E-state index < -0.39 is 16.0 Å². The number of halogens is 1. The van der Waals surface area contributed by atoms with Crippen LogP contribution in [0.2, 0.25) is 5.02 Å². The normalized spacial score (nSPS) is 11.1. The molecule has 0 bridgehead atoms. The van der Waals surface area contributed by atoms with Gasteiger partial charge in [0.05, 0.1) is 16.1 Å². The number of aromatic carboxylic acids is 1. The van der Waals surface area contributed by atoms with E-state index in [2.05, 4.69) is 4.72 Å². The first-order valence-electron chi connectivity index (χ1n) is 5.92. The van der Waals surface area contributed by atoms with Gasteiger partial charge in [0, 0.05) is 5.02 Å². The third kappa shape index (κ3) is 3.53. The number of benzene rings is 2. The van der Waals surface area contributed by atoms with E-state index in [0.717, 1.165) is 6.07 Å². The van der Waals surface area contributed by atoms with Crippen molar-refractivity contribution < 1.29 is 18.3 Å². The third-order valence-corrected chi connectivity index (χ3v) is 4.44. The van der Waals surface area contributed by atoms with Crippen molar-refractivity contribution in [2.45, 2.75) is 11.8 Å². The highest BCUT2D eigenvalue weighted by atomic mass is 35.5. The molecule has 21 heavy (non-hydrogen) atoms. The standard InChI is InChI=1S/C14H12ClNO4S/c1-9-5-6-12(8-13(9)14(17)18)21(19,20)16-11-4-2-3-10(15)7-11/h2-8,16H,1H3,(H,17,18). The van der Waals surface area contributed by atoms with Crippen molar-refractivity contribution >= 4 is 33.3 Å². The summed E-state index contributed by atoms with van der Waals surface area (Å²) in [6.07, 6.45) is 0. The summed E-state index contributed by atoms with van der Waals surface area (Å²) >= 11 is 5.79. The predicted molar refractivity (Wildman–Crippen MR) is 80.4 cm³/mol. The van der Waals surface area contributed by atoms with E-state index in [9.17, 15) is 13.2 Å². The summed E-state index contributed by atoms with van der Waals surface area (Å²) in [7, 11) is -3.87. The molecule has 0 aliphatic heterocycles.